The minimum atomic E-state index is -3.70. The number of phenols is 1. The predicted octanol–water partition coefficient (Wildman–Crippen LogP) is 0.539. The lowest BCUT2D eigenvalue weighted by Crippen LogP contribution is -2.42. The number of nitrogens with one attached hydrogen (secondary N) is 1. The fraction of sp³-hybridized carbons (Fsp3) is 0.562. The van der Waals surface area contributed by atoms with Crippen molar-refractivity contribution >= 4 is 31.6 Å². The van der Waals surface area contributed by atoms with Crippen molar-refractivity contribution in [1.29, 1.82) is 0 Å². The Hall–Kier alpha value is -1.69. The molecule has 1 aromatic rings. The Labute approximate surface area is 159 Å². The molecule has 27 heavy (non-hydrogen) atoms. The molecule has 2 N–H and O–H groups in total. The van der Waals surface area contributed by atoms with Crippen LogP contribution in [0.1, 0.15) is 25.7 Å². The first-order valence-corrected chi connectivity index (χ1v) is 12.0. The van der Waals surface area contributed by atoms with Crippen LogP contribution in [-0.4, -0.2) is 68.4 Å². The molecule has 0 spiro atoms. The number of hydrogen-bond acceptors (Lipinski definition) is 6. The fourth-order valence-corrected chi connectivity index (χ4v) is 6.14. The first-order chi connectivity index (χ1) is 12.6. The molecule has 1 atom stereocenters. The van der Waals surface area contributed by atoms with Crippen molar-refractivity contribution in [2.45, 2.75) is 36.6 Å². The Morgan fingerprint density at radius 1 is 1.11 bits per heavy atom. The number of sulfonamides is 2. The molecular formula is C16H23N3O6S2. The van der Waals surface area contributed by atoms with Gasteiger partial charge < -0.3 is 10.4 Å². The molecule has 0 saturated carbocycles. The van der Waals surface area contributed by atoms with E-state index in [9.17, 15) is 26.7 Å². The molecular weight excluding hydrogens is 394 g/mol. The van der Waals surface area contributed by atoms with E-state index in [4.69, 9.17) is 0 Å². The molecule has 2 heterocycles. The Balaban J connectivity index is 1.84. The maximum atomic E-state index is 12.7. The first kappa shape index (κ1) is 20.1. The van der Waals surface area contributed by atoms with Crippen LogP contribution in [0.2, 0.25) is 0 Å². The summed E-state index contributed by atoms with van der Waals surface area (Å²) >= 11 is 0. The summed E-state index contributed by atoms with van der Waals surface area (Å²) in [5.41, 5.74) is -0.0550. The molecule has 2 fully saturated rings. The zero-order chi connectivity index (χ0) is 19.8. The van der Waals surface area contributed by atoms with E-state index in [1.165, 1.54) is 22.5 Å². The highest BCUT2D eigenvalue weighted by atomic mass is 32.2. The van der Waals surface area contributed by atoms with Gasteiger partial charge in [-0.15, -0.1) is 0 Å². The van der Waals surface area contributed by atoms with Crippen LogP contribution in [0.25, 0.3) is 0 Å². The monoisotopic (exact) mass is 417 g/mol. The van der Waals surface area contributed by atoms with E-state index < -0.39 is 32.0 Å². The van der Waals surface area contributed by atoms with Gasteiger partial charge in [-0.05, 0) is 43.9 Å². The zero-order valence-electron chi connectivity index (χ0n) is 15.0. The number of rotatable bonds is 5. The van der Waals surface area contributed by atoms with Gasteiger partial charge in [-0.25, -0.2) is 16.8 Å². The van der Waals surface area contributed by atoms with Crippen molar-refractivity contribution in [3.8, 4) is 5.75 Å². The van der Waals surface area contributed by atoms with E-state index >= 15 is 0 Å². The van der Waals surface area contributed by atoms with Crippen molar-refractivity contribution in [2.24, 2.45) is 0 Å². The lowest BCUT2D eigenvalue weighted by Gasteiger charge is -2.22. The highest BCUT2D eigenvalue weighted by Gasteiger charge is 2.37. The summed E-state index contributed by atoms with van der Waals surface area (Å²) in [6.45, 7) is 1.14. The van der Waals surface area contributed by atoms with Gasteiger partial charge in [-0.3, -0.25) is 4.79 Å². The topological polar surface area (TPSA) is 124 Å². The first-order valence-electron chi connectivity index (χ1n) is 8.71. The second kappa shape index (κ2) is 7.38. The number of phenolic OH excluding ortho intramolecular Hbond substituents is 1. The van der Waals surface area contributed by atoms with Gasteiger partial charge in [0.1, 0.15) is 11.8 Å². The maximum absolute atomic E-state index is 12.7. The summed E-state index contributed by atoms with van der Waals surface area (Å²) in [4.78, 5) is 12.5. The quantitative estimate of drug-likeness (QED) is 0.674. The Bertz CT molecular complexity index is 939. The maximum Gasteiger partial charge on any atom is 0.243 e. The minimum Gasteiger partial charge on any atom is -0.506 e. The highest BCUT2D eigenvalue weighted by molar-refractivity contribution is 7.89. The normalized spacial score (nSPS) is 22.2. The summed E-state index contributed by atoms with van der Waals surface area (Å²) < 4.78 is 51.4. The van der Waals surface area contributed by atoms with Crippen molar-refractivity contribution in [1.82, 2.24) is 8.61 Å². The minimum absolute atomic E-state index is 0.0242. The van der Waals surface area contributed by atoms with Crippen LogP contribution in [-0.2, 0) is 24.8 Å². The second-order valence-electron chi connectivity index (χ2n) is 6.81. The molecule has 0 radical (unpaired) electrons. The fourth-order valence-electron chi connectivity index (χ4n) is 3.47. The lowest BCUT2D eigenvalue weighted by atomic mass is 10.2. The number of amides is 1. The molecule has 0 aromatic heterocycles. The molecule has 2 aliphatic rings. The Kier molecular flexibility index (Phi) is 5.48. The number of anilines is 1. The molecule has 2 saturated heterocycles. The SMILES string of the molecule is CS(=O)(=O)N1CCC[C@H]1C(=O)Nc1cc(S(=O)(=O)N2CCCC2)ccc1O. The van der Waals surface area contributed by atoms with Crippen molar-refractivity contribution in [3.05, 3.63) is 18.2 Å². The van der Waals surface area contributed by atoms with Crippen molar-refractivity contribution in [2.75, 3.05) is 31.2 Å². The third-order valence-electron chi connectivity index (χ3n) is 4.86. The van der Waals surface area contributed by atoms with Gasteiger partial charge in [0.2, 0.25) is 26.0 Å². The average molecular weight is 418 g/mol. The number of carbonyl (C=O) groups is 1. The van der Waals surface area contributed by atoms with E-state index in [0.29, 0.717) is 25.9 Å². The van der Waals surface area contributed by atoms with E-state index in [0.717, 1.165) is 23.4 Å². The van der Waals surface area contributed by atoms with Crippen LogP contribution in [0, 0.1) is 0 Å². The summed E-state index contributed by atoms with van der Waals surface area (Å²) in [5.74, 6) is -0.878. The number of hydrogen-bond donors (Lipinski definition) is 2. The van der Waals surface area contributed by atoms with Crippen LogP contribution in [0.4, 0.5) is 5.69 Å². The van der Waals surface area contributed by atoms with Gasteiger partial charge in [-0.1, -0.05) is 0 Å². The predicted molar refractivity (Wildman–Crippen MR) is 99.3 cm³/mol. The van der Waals surface area contributed by atoms with Crippen LogP contribution < -0.4 is 5.32 Å². The average Bonchev–Trinajstić information content (AvgIpc) is 3.28. The van der Waals surface area contributed by atoms with Crippen LogP contribution in [0.15, 0.2) is 23.1 Å². The number of aromatic hydroxyl groups is 1. The van der Waals surface area contributed by atoms with E-state index in [1.807, 2.05) is 0 Å². The molecule has 11 heteroatoms. The van der Waals surface area contributed by atoms with Gasteiger partial charge in [0.05, 0.1) is 16.8 Å². The smallest absolute Gasteiger partial charge is 0.243 e. The van der Waals surface area contributed by atoms with Crippen LogP contribution in [0.5, 0.6) is 5.75 Å². The Morgan fingerprint density at radius 2 is 1.78 bits per heavy atom. The number of carbonyl (C=O) groups excluding carboxylic acids is 1. The third-order valence-corrected chi connectivity index (χ3v) is 8.04. The van der Waals surface area contributed by atoms with Crippen LogP contribution in [0.3, 0.4) is 0 Å². The summed E-state index contributed by atoms with van der Waals surface area (Å²) in [6.07, 6.45) is 3.55. The summed E-state index contributed by atoms with van der Waals surface area (Å²) in [5, 5.41) is 12.5. The lowest BCUT2D eigenvalue weighted by molar-refractivity contribution is -0.119. The zero-order valence-corrected chi connectivity index (χ0v) is 16.6. The molecule has 0 unspecified atom stereocenters. The molecule has 0 aliphatic carbocycles. The van der Waals surface area contributed by atoms with Gasteiger partial charge in [-0.2, -0.15) is 8.61 Å². The molecule has 1 amide bonds. The molecule has 3 rings (SSSR count). The number of benzene rings is 1. The van der Waals surface area contributed by atoms with Gasteiger partial charge in [0.25, 0.3) is 0 Å². The third kappa shape index (κ3) is 4.10. The van der Waals surface area contributed by atoms with Crippen molar-refractivity contribution in [3.63, 3.8) is 0 Å². The summed E-state index contributed by atoms with van der Waals surface area (Å²) in [6, 6.07) is 2.83. The molecule has 0 bridgehead atoms. The number of nitrogens with zero attached hydrogens (tertiary/aromatic N) is 2. The van der Waals surface area contributed by atoms with Gasteiger partial charge >= 0.3 is 0 Å². The Morgan fingerprint density at radius 3 is 2.41 bits per heavy atom. The van der Waals surface area contributed by atoms with E-state index in [2.05, 4.69) is 5.32 Å². The second-order valence-corrected chi connectivity index (χ2v) is 10.7. The molecule has 150 valence electrons. The largest absolute Gasteiger partial charge is 0.506 e. The van der Waals surface area contributed by atoms with Gasteiger partial charge in [0.15, 0.2) is 0 Å². The molecule has 2 aliphatic heterocycles. The van der Waals surface area contributed by atoms with E-state index in [1.54, 1.807) is 0 Å². The highest BCUT2D eigenvalue weighted by Crippen LogP contribution is 2.30. The van der Waals surface area contributed by atoms with Crippen molar-refractivity contribution < 1.29 is 26.7 Å². The standard InChI is InChI=1S/C16H23N3O6S2/c1-26(22,23)19-10-4-5-14(19)16(21)17-13-11-12(6-7-15(13)20)27(24,25)18-8-2-3-9-18/h6-7,11,14,20H,2-5,8-10H2,1H3,(H,17,21)/t14-/m0/s1. The summed E-state index contributed by atoms with van der Waals surface area (Å²) in [7, 11) is -7.24. The van der Waals surface area contributed by atoms with Crippen LogP contribution >= 0.6 is 0 Å². The molecule has 9 nitrogen and oxygen atoms in total. The molecule has 1 aromatic carbocycles. The van der Waals surface area contributed by atoms with E-state index in [-0.39, 0.29) is 22.9 Å². The van der Waals surface area contributed by atoms with Gasteiger partial charge in [0, 0.05) is 19.6 Å².